The first-order valence-electron chi connectivity index (χ1n) is 5.04. The van der Waals surface area contributed by atoms with Crippen LogP contribution < -0.4 is 0 Å². The zero-order valence-corrected chi connectivity index (χ0v) is 10.8. The molecule has 0 bridgehead atoms. The zero-order chi connectivity index (χ0) is 12.5. The van der Waals surface area contributed by atoms with Gasteiger partial charge in [0.15, 0.2) is 14.9 Å². The zero-order valence-electron chi connectivity index (χ0n) is 9.22. The molecule has 0 radical (unpaired) electrons. The van der Waals surface area contributed by atoms with Gasteiger partial charge in [0.1, 0.15) is 11.3 Å². The number of nitrogens with zero attached hydrogens (tertiary/aromatic N) is 1. The van der Waals surface area contributed by atoms with E-state index in [0.29, 0.717) is 25.4 Å². The number of ether oxygens (including phenoxy) is 2. The number of hydrogen-bond acceptors (Lipinski definition) is 5. The highest BCUT2D eigenvalue weighted by Crippen LogP contribution is 2.24. The minimum Gasteiger partial charge on any atom is -0.376 e. The summed E-state index contributed by atoms with van der Waals surface area (Å²) in [4.78, 5) is 3.78. The summed E-state index contributed by atoms with van der Waals surface area (Å²) in [5.74, 6) is 0. The quantitative estimate of drug-likeness (QED) is 0.761. The van der Waals surface area contributed by atoms with Gasteiger partial charge in [0, 0.05) is 6.26 Å². The van der Waals surface area contributed by atoms with E-state index in [-0.39, 0.29) is 16.3 Å². The van der Waals surface area contributed by atoms with Crippen molar-refractivity contribution in [2.24, 2.45) is 0 Å². The molecule has 0 saturated carbocycles. The Balaban J connectivity index is 2.37. The summed E-state index contributed by atoms with van der Waals surface area (Å²) in [6.45, 7) is 1.43. The normalized spacial score (nSPS) is 21.4. The molecule has 0 unspecified atom stereocenters. The average molecular weight is 278 g/mol. The molecular weight excluding hydrogens is 266 g/mol. The van der Waals surface area contributed by atoms with E-state index in [1.165, 1.54) is 6.07 Å². The third kappa shape index (κ3) is 3.16. The van der Waals surface area contributed by atoms with Crippen LogP contribution in [0.15, 0.2) is 17.2 Å². The molecule has 7 heteroatoms. The molecule has 0 spiro atoms. The van der Waals surface area contributed by atoms with Gasteiger partial charge < -0.3 is 9.47 Å². The fourth-order valence-corrected chi connectivity index (χ4v) is 2.43. The molecule has 2 rings (SSSR count). The van der Waals surface area contributed by atoms with E-state index < -0.39 is 9.84 Å². The van der Waals surface area contributed by atoms with Crippen molar-refractivity contribution in [3.05, 3.63) is 22.8 Å². The fourth-order valence-electron chi connectivity index (χ4n) is 1.55. The molecule has 1 aromatic rings. The maximum atomic E-state index is 11.4. The smallest absolute Gasteiger partial charge is 0.192 e. The second kappa shape index (κ2) is 4.89. The maximum absolute atomic E-state index is 11.4. The van der Waals surface area contributed by atoms with Crippen molar-refractivity contribution in [2.75, 3.05) is 26.1 Å². The molecule has 1 aliphatic rings. The van der Waals surface area contributed by atoms with Crippen molar-refractivity contribution in [1.82, 2.24) is 4.98 Å². The van der Waals surface area contributed by atoms with Gasteiger partial charge in [0.25, 0.3) is 0 Å². The Kier molecular flexibility index (Phi) is 3.67. The van der Waals surface area contributed by atoms with Crippen LogP contribution in [0.1, 0.15) is 11.7 Å². The maximum Gasteiger partial charge on any atom is 0.192 e. The van der Waals surface area contributed by atoms with Crippen LogP contribution in [-0.2, 0) is 19.3 Å². The lowest BCUT2D eigenvalue weighted by Crippen LogP contribution is -2.22. The summed E-state index contributed by atoms with van der Waals surface area (Å²) in [6.07, 6.45) is 0.804. The van der Waals surface area contributed by atoms with Crippen LogP contribution >= 0.6 is 11.6 Å². The van der Waals surface area contributed by atoms with Gasteiger partial charge in [-0.25, -0.2) is 13.4 Å². The van der Waals surface area contributed by atoms with Crippen LogP contribution in [0.3, 0.4) is 0 Å². The van der Waals surface area contributed by atoms with Crippen molar-refractivity contribution in [3.63, 3.8) is 0 Å². The second-order valence-electron chi connectivity index (χ2n) is 3.77. The minimum absolute atomic E-state index is 0.0471. The summed E-state index contributed by atoms with van der Waals surface area (Å²) in [5.41, 5.74) is 0.671. The Morgan fingerprint density at radius 1 is 1.41 bits per heavy atom. The number of aromatic nitrogens is 1. The summed E-state index contributed by atoms with van der Waals surface area (Å²) < 4.78 is 33.6. The first-order valence-corrected chi connectivity index (χ1v) is 7.30. The largest absolute Gasteiger partial charge is 0.376 e. The average Bonchev–Trinajstić information content (AvgIpc) is 2.28. The molecule has 5 nitrogen and oxygen atoms in total. The van der Waals surface area contributed by atoms with E-state index in [4.69, 9.17) is 21.1 Å². The molecule has 1 saturated heterocycles. The van der Waals surface area contributed by atoms with Crippen LogP contribution in [0.25, 0.3) is 0 Å². The van der Waals surface area contributed by atoms with Crippen LogP contribution in [0.2, 0.25) is 5.15 Å². The Bertz CT molecular complexity index is 511. The Labute approximate surface area is 105 Å². The molecule has 0 amide bonds. The van der Waals surface area contributed by atoms with Crippen molar-refractivity contribution < 1.29 is 17.9 Å². The summed E-state index contributed by atoms with van der Waals surface area (Å²) in [6, 6.07) is 3.07. The molecule has 1 aromatic heterocycles. The highest BCUT2D eigenvalue weighted by molar-refractivity contribution is 7.90. The summed E-state index contributed by atoms with van der Waals surface area (Å²) >= 11 is 5.80. The van der Waals surface area contributed by atoms with Crippen molar-refractivity contribution in [1.29, 1.82) is 0 Å². The van der Waals surface area contributed by atoms with Gasteiger partial charge in [-0.2, -0.15) is 0 Å². The SMILES string of the molecule is CS(=O)(=O)c1cc([C@@H]2COCCO2)cc(Cl)n1. The van der Waals surface area contributed by atoms with Gasteiger partial charge in [-0.05, 0) is 17.7 Å². The first kappa shape index (κ1) is 12.8. The van der Waals surface area contributed by atoms with Gasteiger partial charge in [0.2, 0.25) is 0 Å². The number of halogens is 1. The van der Waals surface area contributed by atoms with Crippen molar-refractivity contribution >= 4 is 21.4 Å². The lowest BCUT2D eigenvalue weighted by molar-refractivity contribution is -0.0902. The van der Waals surface area contributed by atoms with Gasteiger partial charge in [-0.15, -0.1) is 0 Å². The van der Waals surface area contributed by atoms with Crippen LogP contribution in [-0.4, -0.2) is 39.5 Å². The Hall–Kier alpha value is -0.690. The molecule has 2 heterocycles. The molecule has 0 N–H and O–H groups in total. The van der Waals surface area contributed by atoms with Crippen LogP contribution in [0.5, 0.6) is 0 Å². The Morgan fingerprint density at radius 3 is 2.76 bits per heavy atom. The lowest BCUT2D eigenvalue weighted by Gasteiger charge is -2.23. The molecule has 1 atom stereocenters. The molecule has 0 aliphatic carbocycles. The van der Waals surface area contributed by atoms with Crippen LogP contribution in [0, 0.1) is 0 Å². The third-order valence-electron chi connectivity index (χ3n) is 2.36. The fraction of sp³-hybridized carbons (Fsp3) is 0.500. The summed E-state index contributed by atoms with van der Waals surface area (Å²) in [5, 5.41) is 0.0891. The second-order valence-corrected chi connectivity index (χ2v) is 6.12. The number of sulfone groups is 1. The highest BCUT2D eigenvalue weighted by Gasteiger charge is 2.20. The molecular formula is C10H12ClNO4S. The molecule has 17 heavy (non-hydrogen) atoms. The van der Waals surface area contributed by atoms with E-state index >= 15 is 0 Å². The monoisotopic (exact) mass is 277 g/mol. The molecule has 1 fully saturated rings. The molecule has 94 valence electrons. The van der Waals surface area contributed by atoms with E-state index in [1.807, 2.05) is 0 Å². The third-order valence-corrected chi connectivity index (χ3v) is 3.52. The standard InChI is InChI=1S/C10H12ClNO4S/c1-17(13,14)10-5-7(4-9(11)12-10)8-6-15-2-3-16-8/h4-5,8H,2-3,6H2,1H3/t8-/m0/s1. The number of hydrogen-bond donors (Lipinski definition) is 0. The van der Waals surface area contributed by atoms with Crippen molar-refractivity contribution in [2.45, 2.75) is 11.1 Å². The number of pyridine rings is 1. The van der Waals surface area contributed by atoms with Crippen molar-refractivity contribution in [3.8, 4) is 0 Å². The number of rotatable bonds is 2. The molecule has 1 aliphatic heterocycles. The van der Waals surface area contributed by atoms with E-state index in [9.17, 15) is 8.42 Å². The van der Waals surface area contributed by atoms with Gasteiger partial charge >= 0.3 is 0 Å². The molecule has 0 aromatic carbocycles. The Morgan fingerprint density at radius 2 is 2.18 bits per heavy atom. The predicted octanol–water partition coefficient (Wildman–Crippen LogP) is 1.23. The summed E-state index contributed by atoms with van der Waals surface area (Å²) in [7, 11) is -3.38. The van der Waals surface area contributed by atoms with Crippen LogP contribution in [0.4, 0.5) is 0 Å². The van der Waals surface area contributed by atoms with Gasteiger partial charge in [0.05, 0.1) is 19.8 Å². The van der Waals surface area contributed by atoms with E-state index in [2.05, 4.69) is 4.98 Å². The van der Waals surface area contributed by atoms with E-state index in [0.717, 1.165) is 6.26 Å². The minimum atomic E-state index is -3.38. The predicted molar refractivity (Wildman–Crippen MR) is 61.9 cm³/mol. The van der Waals surface area contributed by atoms with Gasteiger partial charge in [-0.1, -0.05) is 11.6 Å². The first-order chi connectivity index (χ1) is 7.97. The van der Waals surface area contributed by atoms with E-state index in [1.54, 1.807) is 6.07 Å². The highest BCUT2D eigenvalue weighted by atomic mass is 35.5. The lowest BCUT2D eigenvalue weighted by atomic mass is 10.1. The van der Waals surface area contributed by atoms with Gasteiger partial charge in [-0.3, -0.25) is 0 Å². The topological polar surface area (TPSA) is 65.5 Å².